The first-order valence-corrected chi connectivity index (χ1v) is 6.12. The van der Waals surface area contributed by atoms with Crippen LogP contribution in [-0.2, 0) is 9.53 Å². The number of nitrogens with one attached hydrogen (secondary N) is 1. The Labute approximate surface area is 125 Å². The number of carbonyl (C=O) groups is 2. The van der Waals surface area contributed by atoms with Gasteiger partial charge in [-0.2, -0.15) is 0 Å². The number of esters is 1. The predicted molar refractivity (Wildman–Crippen MR) is 81.2 cm³/mol. The number of hydrogen-bond acceptors (Lipinski definition) is 4. The molecule has 0 saturated carbocycles. The third kappa shape index (κ3) is 4.51. The van der Waals surface area contributed by atoms with Crippen LogP contribution in [0.3, 0.4) is 0 Å². The van der Waals surface area contributed by atoms with Gasteiger partial charge in [-0.3, -0.25) is 4.79 Å². The number of halogens is 1. The monoisotopic (exact) mass is 300 g/mol. The van der Waals surface area contributed by atoms with Gasteiger partial charge in [-0.15, -0.1) is 12.4 Å². The molecule has 0 saturated heterocycles. The molecule has 0 heterocycles. The van der Waals surface area contributed by atoms with Gasteiger partial charge in [0.15, 0.2) is 0 Å². The molecule has 0 aliphatic carbocycles. The highest BCUT2D eigenvalue weighted by Gasteiger charge is 2.18. The third-order valence-corrected chi connectivity index (χ3v) is 3.12. The summed E-state index contributed by atoms with van der Waals surface area (Å²) in [5, 5.41) is 2.78. The first-order valence-electron chi connectivity index (χ1n) is 6.12. The van der Waals surface area contributed by atoms with E-state index in [1.165, 1.54) is 7.11 Å². The van der Waals surface area contributed by atoms with Gasteiger partial charge in [0.2, 0.25) is 5.91 Å². The van der Waals surface area contributed by atoms with Crippen molar-refractivity contribution in [3.8, 4) is 0 Å². The van der Waals surface area contributed by atoms with Gasteiger partial charge in [-0.25, -0.2) is 4.79 Å². The molecule has 1 rings (SSSR count). The minimum absolute atomic E-state index is 0. The van der Waals surface area contributed by atoms with Crippen molar-refractivity contribution in [1.82, 2.24) is 0 Å². The van der Waals surface area contributed by atoms with E-state index in [0.29, 0.717) is 11.3 Å². The number of methoxy groups -OCH3 is 1. The van der Waals surface area contributed by atoms with Gasteiger partial charge in [0.05, 0.1) is 18.6 Å². The van der Waals surface area contributed by atoms with Crippen LogP contribution in [0.5, 0.6) is 0 Å². The summed E-state index contributed by atoms with van der Waals surface area (Å²) in [6.07, 6.45) is 0. The van der Waals surface area contributed by atoms with E-state index in [1.54, 1.807) is 32.0 Å². The fourth-order valence-electron chi connectivity index (χ4n) is 1.49. The molecule has 0 aromatic heterocycles. The molecular weight excluding hydrogens is 280 g/mol. The topological polar surface area (TPSA) is 81.4 Å². The van der Waals surface area contributed by atoms with Crippen molar-refractivity contribution in [1.29, 1.82) is 0 Å². The van der Waals surface area contributed by atoms with Crippen LogP contribution in [0.4, 0.5) is 5.69 Å². The van der Waals surface area contributed by atoms with Crippen LogP contribution in [0.15, 0.2) is 18.2 Å². The number of amides is 1. The van der Waals surface area contributed by atoms with E-state index in [-0.39, 0.29) is 30.3 Å². The summed E-state index contributed by atoms with van der Waals surface area (Å²) >= 11 is 0. The lowest BCUT2D eigenvalue weighted by atomic mass is 10.0. The van der Waals surface area contributed by atoms with Gasteiger partial charge in [-0.05, 0) is 31.5 Å². The van der Waals surface area contributed by atoms with Crippen molar-refractivity contribution in [2.24, 2.45) is 11.7 Å². The van der Waals surface area contributed by atoms with Crippen LogP contribution in [0, 0.1) is 12.8 Å². The molecule has 1 amide bonds. The lowest BCUT2D eigenvalue weighted by molar-refractivity contribution is -0.119. The molecule has 2 unspecified atom stereocenters. The number of carbonyl (C=O) groups excluding carboxylic acids is 2. The molecule has 5 nitrogen and oxygen atoms in total. The molecule has 0 bridgehead atoms. The number of nitrogens with two attached hydrogens (primary N) is 1. The van der Waals surface area contributed by atoms with E-state index in [0.717, 1.165) is 5.56 Å². The Morgan fingerprint density at radius 3 is 2.40 bits per heavy atom. The first kappa shape index (κ1) is 18.4. The Morgan fingerprint density at radius 2 is 1.90 bits per heavy atom. The van der Waals surface area contributed by atoms with Gasteiger partial charge in [-0.1, -0.05) is 13.0 Å². The second-order valence-corrected chi connectivity index (χ2v) is 4.66. The molecule has 1 aromatic rings. The summed E-state index contributed by atoms with van der Waals surface area (Å²) in [5.74, 6) is -0.906. The average Bonchev–Trinajstić information content (AvgIpc) is 2.39. The van der Waals surface area contributed by atoms with E-state index < -0.39 is 5.97 Å². The molecule has 20 heavy (non-hydrogen) atoms. The second-order valence-electron chi connectivity index (χ2n) is 4.66. The van der Waals surface area contributed by atoms with Gasteiger partial charge in [0.1, 0.15) is 0 Å². The fourth-order valence-corrected chi connectivity index (χ4v) is 1.49. The van der Waals surface area contributed by atoms with Crippen molar-refractivity contribution in [2.45, 2.75) is 26.8 Å². The van der Waals surface area contributed by atoms with Gasteiger partial charge >= 0.3 is 5.97 Å². The van der Waals surface area contributed by atoms with E-state index in [9.17, 15) is 9.59 Å². The van der Waals surface area contributed by atoms with E-state index in [2.05, 4.69) is 10.1 Å². The molecule has 0 aliphatic rings. The summed E-state index contributed by atoms with van der Waals surface area (Å²) in [7, 11) is 1.32. The fraction of sp³-hybridized carbons (Fsp3) is 0.429. The number of ether oxygens (including phenoxy) is 1. The zero-order chi connectivity index (χ0) is 14.6. The maximum Gasteiger partial charge on any atom is 0.337 e. The molecule has 0 radical (unpaired) electrons. The van der Waals surface area contributed by atoms with Crippen molar-refractivity contribution in [2.75, 3.05) is 12.4 Å². The SMILES string of the molecule is COC(=O)c1ccc(C)c(NC(=O)C(C)C(C)N)c1.Cl. The lowest BCUT2D eigenvalue weighted by Gasteiger charge is -2.16. The van der Waals surface area contributed by atoms with Crippen molar-refractivity contribution < 1.29 is 14.3 Å². The third-order valence-electron chi connectivity index (χ3n) is 3.12. The maximum absolute atomic E-state index is 11.9. The van der Waals surface area contributed by atoms with Crippen molar-refractivity contribution in [3.63, 3.8) is 0 Å². The molecule has 6 heteroatoms. The summed E-state index contributed by atoms with van der Waals surface area (Å²) in [6, 6.07) is 4.79. The number of rotatable bonds is 4. The van der Waals surface area contributed by atoms with Crippen LogP contribution >= 0.6 is 12.4 Å². The summed E-state index contributed by atoms with van der Waals surface area (Å²) in [4.78, 5) is 23.4. The van der Waals surface area contributed by atoms with Crippen molar-refractivity contribution >= 4 is 30.0 Å². The van der Waals surface area contributed by atoms with Crippen LogP contribution in [0.25, 0.3) is 0 Å². The highest BCUT2D eigenvalue weighted by Crippen LogP contribution is 2.18. The minimum atomic E-state index is -0.434. The summed E-state index contributed by atoms with van der Waals surface area (Å²) in [5.41, 5.74) is 7.56. The average molecular weight is 301 g/mol. The number of benzene rings is 1. The van der Waals surface area contributed by atoms with E-state index >= 15 is 0 Å². The molecule has 0 spiro atoms. The Morgan fingerprint density at radius 1 is 1.30 bits per heavy atom. The van der Waals surface area contributed by atoms with E-state index in [1.807, 2.05) is 6.92 Å². The Kier molecular flexibility index (Phi) is 7.24. The van der Waals surface area contributed by atoms with Gasteiger partial charge in [0.25, 0.3) is 0 Å². The van der Waals surface area contributed by atoms with Crippen LogP contribution in [0.1, 0.15) is 29.8 Å². The molecule has 3 N–H and O–H groups in total. The van der Waals surface area contributed by atoms with Crippen molar-refractivity contribution in [3.05, 3.63) is 29.3 Å². The molecule has 112 valence electrons. The zero-order valence-electron chi connectivity index (χ0n) is 12.1. The highest BCUT2D eigenvalue weighted by molar-refractivity contribution is 5.96. The summed E-state index contributed by atoms with van der Waals surface area (Å²) in [6.45, 7) is 5.40. The number of aryl methyl sites for hydroxylation is 1. The Hall–Kier alpha value is -1.59. The smallest absolute Gasteiger partial charge is 0.337 e. The summed E-state index contributed by atoms with van der Waals surface area (Å²) < 4.78 is 4.65. The standard InChI is InChI=1S/C14H20N2O3.ClH/c1-8-5-6-11(14(18)19-4)7-12(8)16-13(17)9(2)10(3)15;/h5-7,9-10H,15H2,1-4H3,(H,16,17);1H. The Balaban J connectivity index is 0.00000361. The predicted octanol–water partition coefficient (Wildman–Crippen LogP) is 2.13. The van der Waals surface area contributed by atoms with Gasteiger partial charge in [0, 0.05) is 11.7 Å². The second kappa shape index (κ2) is 7.87. The largest absolute Gasteiger partial charge is 0.465 e. The quantitative estimate of drug-likeness (QED) is 0.835. The zero-order valence-corrected chi connectivity index (χ0v) is 12.9. The Bertz CT molecular complexity index is 489. The van der Waals surface area contributed by atoms with Crippen LogP contribution in [0.2, 0.25) is 0 Å². The molecule has 0 aliphatic heterocycles. The molecule has 0 fully saturated rings. The minimum Gasteiger partial charge on any atom is -0.465 e. The van der Waals surface area contributed by atoms with Gasteiger partial charge < -0.3 is 15.8 Å². The van der Waals surface area contributed by atoms with Crippen LogP contribution < -0.4 is 11.1 Å². The molecular formula is C14H21ClN2O3. The number of hydrogen-bond donors (Lipinski definition) is 2. The first-order chi connectivity index (χ1) is 8.86. The maximum atomic E-state index is 11.9. The van der Waals surface area contributed by atoms with E-state index in [4.69, 9.17) is 5.73 Å². The number of anilines is 1. The highest BCUT2D eigenvalue weighted by atomic mass is 35.5. The lowest BCUT2D eigenvalue weighted by Crippen LogP contribution is -2.34. The molecule has 1 aromatic carbocycles. The molecule has 2 atom stereocenters. The normalized spacial score (nSPS) is 12.8. The van der Waals surface area contributed by atoms with Crippen LogP contribution in [-0.4, -0.2) is 25.0 Å².